The highest BCUT2D eigenvalue weighted by Gasteiger charge is 2.18. The highest BCUT2D eigenvalue weighted by molar-refractivity contribution is 8.01. The molecule has 28 heavy (non-hydrogen) atoms. The number of carbonyl (C=O) groups excluding carboxylic acids is 1. The molecule has 1 saturated carbocycles. The second kappa shape index (κ2) is 9.69. The van der Waals surface area contributed by atoms with Gasteiger partial charge in [0, 0.05) is 6.04 Å². The molecule has 2 N–H and O–H groups in total. The SMILES string of the molecule is COc1ccc(NC(=O)CSc2nnc(NC3CCCCC3)s2)c([N+](=O)[O-])c1. The quantitative estimate of drug-likeness (QED) is 0.372. The fourth-order valence-electron chi connectivity index (χ4n) is 2.96. The van der Waals surface area contributed by atoms with E-state index in [0.717, 1.165) is 18.0 Å². The van der Waals surface area contributed by atoms with Gasteiger partial charge in [-0.15, -0.1) is 10.2 Å². The Balaban J connectivity index is 1.53. The maximum absolute atomic E-state index is 12.2. The van der Waals surface area contributed by atoms with E-state index in [1.54, 1.807) is 6.07 Å². The second-order valence-electron chi connectivity index (χ2n) is 6.33. The smallest absolute Gasteiger partial charge is 0.296 e. The van der Waals surface area contributed by atoms with Gasteiger partial charge in [-0.1, -0.05) is 42.4 Å². The summed E-state index contributed by atoms with van der Waals surface area (Å²) >= 11 is 2.66. The number of nitro benzene ring substituents is 1. The molecule has 0 bridgehead atoms. The normalized spacial score (nSPS) is 14.5. The zero-order valence-corrected chi connectivity index (χ0v) is 17.0. The molecule has 9 nitrogen and oxygen atoms in total. The van der Waals surface area contributed by atoms with Crippen molar-refractivity contribution in [2.45, 2.75) is 42.5 Å². The Labute approximate surface area is 170 Å². The maximum Gasteiger partial charge on any atom is 0.296 e. The van der Waals surface area contributed by atoms with E-state index in [9.17, 15) is 14.9 Å². The van der Waals surface area contributed by atoms with Crippen LogP contribution in [0.3, 0.4) is 0 Å². The summed E-state index contributed by atoms with van der Waals surface area (Å²) in [5.74, 6) is 0.0857. The summed E-state index contributed by atoms with van der Waals surface area (Å²) in [6.45, 7) is 0. The first-order valence-corrected chi connectivity index (χ1v) is 10.7. The summed E-state index contributed by atoms with van der Waals surface area (Å²) in [5.41, 5.74) is -0.0825. The van der Waals surface area contributed by atoms with Crippen molar-refractivity contribution in [1.82, 2.24) is 10.2 Å². The Morgan fingerprint density at radius 3 is 2.86 bits per heavy atom. The van der Waals surface area contributed by atoms with Gasteiger partial charge in [-0.2, -0.15) is 0 Å². The van der Waals surface area contributed by atoms with Crippen LogP contribution in [0.2, 0.25) is 0 Å². The third-order valence-electron chi connectivity index (χ3n) is 4.34. The average Bonchev–Trinajstić information content (AvgIpc) is 3.14. The topological polar surface area (TPSA) is 119 Å². The van der Waals surface area contributed by atoms with E-state index in [1.165, 1.54) is 61.6 Å². The Morgan fingerprint density at radius 2 is 2.14 bits per heavy atom. The number of benzene rings is 1. The molecule has 0 aliphatic heterocycles. The lowest BCUT2D eigenvalue weighted by Crippen LogP contribution is -2.21. The minimum Gasteiger partial charge on any atom is -0.496 e. The molecule has 0 radical (unpaired) electrons. The summed E-state index contributed by atoms with van der Waals surface area (Å²) < 4.78 is 5.66. The zero-order chi connectivity index (χ0) is 19.9. The molecule has 3 rings (SSSR count). The van der Waals surface area contributed by atoms with Gasteiger partial charge in [-0.25, -0.2) is 0 Å². The molecule has 1 aromatic carbocycles. The Bertz CT molecular complexity index is 839. The van der Waals surface area contributed by atoms with Gasteiger partial charge in [0.15, 0.2) is 4.34 Å². The molecule has 0 atom stereocenters. The average molecular weight is 424 g/mol. The van der Waals surface area contributed by atoms with Crippen LogP contribution in [-0.2, 0) is 4.79 Å². The number of carbonyl (C=O) groups is 1. The number of hydrogen-bond donors (Lipinski definition) is 2. The van der Waals surface area contributed by atoms with Crippen molar-refractivity contribution in [2.24, 2.45) is 0 Å². The Hall–Kier alpha value is -2.40. The minimum atomic E-state index is -0.556. The molecule has 150 valence electrons. The van der Waals surface area contributed by atoms with Crippen LogP contribution in [0.5, 0.6) is 5.75 Å². The van der Waals surface area contributed by atoms with Crippen LogP contribution in [0.4, 0.5) is 16.5 Å². The van der Waals surface area contributed by atoms with E-state index in [2.05, 4.69) is 20.8 Å². The fraction of sp³-hybridized carbons (Fsp3) is 0.471. The molecular formula is C17H21N5O4S2. The number of aromatic nitrogens is 2. The van der Waals surface area contributed by atoms with Gasteiger partial charge in [0.25, 0.3) is 5.69 Å². The number of hydrogen-bond acceptors (Lipinski definition) is 9. The number of amides is 1. The van der Waals surface area contributed by atoms with Crippen LogP contribution in [0.1, 0.15) is 32.1 Å². The number of rotatable bonds is 8. The minimum absolute atomic E-state index is 0.0846. The third-order valence-corrected chi connectivity index (χ3v) is 6.33. The van der Waals surface area contributed by atoms with Gasteiger partial charge in [-0.3, -0.25) is 14.9 Å². The van der Waals surface area contributed by atoms with Gasteiger partial charge in [0.2, 0.25) is 11.0 Å². The third kappa shape index (κ3) is 5.55. The lowest BCUT2D eigenvalue weighted by Gasteiger charge is -2.21. The van der Waals surface area contributed by atoms with E-state index in [1.807, 2.05) is 0 Å². The predicted molar refractivity (Wildman–Crippen MR) is 109 cm³/mol. The molecule has 2 aromatic rings. The number of nitrogens with one attached hydrogen (secondary N) is 2. The summed E-state index contributed by atoms with van der Waals surface area (Å²) in [7, 11) is 1.42. The van der Waals surface area contributed by atoms with Crippen molar-refractivity contribution in [3.8, 4) is 5.75 Å². The van der Waals surface area contributed by atoms with Gasteiger partial charge >= 0.3 is 0 Å². The van der Waals surface area contributed by atoms with Crippen LogP contribution in [0, 0.1) is 10.1 Å². The van der Waals surface area contributed by atoms with Crippen molar-refractivity contribution in [2.75, 3.05) is 23.5 Å². The van der Waals surface area contributed by atoms with Gasteiger partial charge in [0.05, 0.1) is 23.9 Å². The number of anilines is 2. The molecule has 1 aliphatic carbocycles. The summed E-state index contributed by atoms with van der Waals surface area (Å²) in [6.07, 6.45) is 6.04. The van der Waals surface area contributed by atoms with Crippen LogP contribution < -0.4 is 15.4 Å². The number of thioether (sulfide) groups is 1. The van der Waals surface area contributed by atoms with Gasteiger partial charge in [0.1, 0.15) is 11.4 Å². The monoisotopic (exact) mass is 423 g/mol. The van der Waals surface area contributed by atoms with Crippen molar-refractivity contribution in [1.29, 1.82) is 0 Å². The Morgan fingerprint density at radius 1 is 1.36 bits per heavy atom. The first-order valence-electron chi connectivity index (χ1n) is 8.90. The predicted octanol–water partition coefficient (Wildman–Crippen LogP) is 3.93. The fourth-order valence-corrected chi connectivity index (χ4v) is 4.59. The second-order valence-corrected chi connectivity index (χ2v) is 8.53. The van der Waals surface area contributed by atoms with Crippen molar-refractivity contribution in [3.63, 3.8) is 0 Å². The van der Waals surface area contributed by atoms with E-state index in [4.69, 9.17) is 4.74 Å². The first-order chi connectivity index (χ1) is 13.5. The molecule has 1 aromatic heterocycles. The first kappa shape index (κ1) is 20.3. The molecular weight excluding hydrogens is 402 g/mol. The number of nitrogens with zero attached hydrogens (tertiary/aromatic N) is 3. The lowest BCUT2D eigenvalue weighted by molar-refractivity contribution is -0.384. The summed E-state index contributed by atoms with van der Waals surface area (Å²) in [4.78, 5) is 22.8. The molecule has 1 heterocycles. The number of ether oxygens (including phenoxy) is 1. The summed E-state index contributed by atoms with van der Waals surface area (Å²) in [5, 5.41) is 26.1. The van der Waals surface area contributed by atoms with E-state index < -0.39 is 4.92 Å². The van der Waals surface area contributed by atoms with E-state index >= 15 is 0 Å². The summed E-state index contributed by atoms with van der Waals surface area (Å²) in [6, 6.07) is 4.73. The Kier molecular flexibility index (Phi) is 7.04. The van der Waals surface area contributed by atoms with Gasteiger partial charge < -0.3 is 15.4 Å². The highest BCUT2D eigenvalue weighted by atomic mass is 32.2. The van der Waals surface area contributed by atoms with Crippen molar-refractivity contribution < 1.29 is 14.5 Å². The molecule has 0 spiro atoms. The highest BCUT2D eigenvalue weighted by Crippen LogP contribution is 2.31. The number of methoxy groups -OCH3 is 1. The van der Waals surface area contributed by atoms with E-state index in [0.29, 0.717) is 16.1 Å². The molecule has 0 unspecified atom stereocenters. The van der Waals surface area contributed by atoms with Crippen molar-refractivity contribution in [3.05, 3.63) is 28.3 Å². The van der Waals surface area contributed by atoms with Crippen molar-refractivity contribution >= 4 is 45.5 Å². The van der Waals surface area contributed by atoms with Crippen LogP contribution in [-0.4, -0.2) is 39.9 Å². The van der Waals surface area contributed by atoms with E-state index in [-0.39, 0.29) is 23.0 Å². The van der Waals surface area contributed by atoms with Crippen LogP contribution in [0.15, 0.2) is 22.5 Å². The molecule has 1 fully saturated rings. The molecule has 0 saturated heterocycles. The largest absolute Gasteiger partial charge is 0.496 e. The molecule has 1 aliphatic rings. The standard InChI is InChI=1S/C17H21N5O4S2/c1-26-12-7-8-13(14(9-12)22(24)25)19-15(23)10-27-17-21-20-16(28-17)18-11-5-3-2-4-6-11/h7-9,11H,2-6,10H2,1H3,(H,18,20)(H,19,23). The number of nitro groups is 1. The molecule has 1 amide bonds. The molecule has 11 heteroatoms. The van der Waals surface area contributed by atoms with Crippen LogP contribution in [0.25, 0.3) is 0 Å². The lowest BCUT2D eigenvalue weighted by atomic mass is 9.96. The van der Waals surface area contributed by atoms with Gasteiger partial charge in [-0.05, 0) is 25.0 Å². The van der Waals surface area contributed by atoms with Crippen LogP contribution >= 0.6 is 23.1 Å². The maximum atomic E-state index is 12.2. The zero-order valence-electron chi connectivity index (χ0n) is 15.3.